The monoisotopic (exact) mass is 328 g/mol. The second-order valence-electron chi connectivity index (χ2n) is 4.28. The van der Waals surface area contributed by atoms with Gasteiger partial charge in [0.25, 0.3) is 11.6 Å². The number of nitro benzene ring substituents is 1. The summed E-state index contributed by atoms with van der Waals surface area (Å²) in [6.45, 7) is 1.31. The molecular weight excluding hydrogens is 316 g/mol. The number of ether oxygens (including phenoxy) is 1. The quantitative estimate of drug-likeness (QED) is 0.484. The van der Waals surface area contributed by atoms with Gasteiger partial charge < -0.3 is 9.64 Å². The maximum absolute atomic E-state index is 12.3. The summed E-state index contributed by atoms with van der Waals surface area (Å²) in [5.41, 5.74) is 0.267. The third-order valence-corrected chi connectivity index (χ3v) is 3.79. The molecule has 0 saturated carbocycles. The van der Waals surface area contributed by atoms with Crippen LogP contribution in [0, 0.1) is 10.1 Å². The molecule has 1 atom stereocenters. The van der Waals surface area contributed by atoms with Gasteiger partial charge in [0, 0.05) is 24.0 Å². The average Bonchev–Trinajstić information content (AvgIpc) is 2.83. The van der Waals surface area contributed by atoms with Gasteiger partial charge in [0.15, 0.2) is 0 Å². The predicted octanol–water partition coefficient (Wildman–Crippen LogP) is 2.21. The molecule has 1 aliphatic heterocycles. The maximum Gasteiger partial charge on any atom is 0.273 e. The molecule has 1 heterocycles. The van der Waals surface area contributed by atoms with Crippen LogP contribution in [0.3, 0.4) is 0 Å². The van der Waals surface area contributed by atoms with E-state index in [2.05, 4.69) is 15.9 Å². The van der Waals surface area contributed by atoms with Crippen LogP contribution in [-0.4, -0.2) is 40.8 Å². The van der Waals surface area contributed by atoms with Crippen molar-refractivity contribution < 1.29 is 14.5 Å². The van der Waals surface area contributed by atoms with Crippen LogP contribution < -0.4 is 4.74 Å². The highest BCUT2D eigenvalue weighted by molar-refractivity contribution is 9.09. The zero-order chi connectivity index (χ0) is 14.0. The standard InChI is InChI=1S/C12H13BrN2O4/c1-19-11-6-9(15(17)18)2-3-10(11)12(16)14-5-4-8(13)7-14/h2-3,6,8H,4-5,7H2,1H3. The predicted molar refractivity (Wildman–Crippen MR) is 72.9 cm³/mol. The lowest BCUT2D eigenvalue weighted by Crippen LogP contribution is -2.29. The molecule has 102 valence electrons. The van der Waals surface area contributed by atoms with Crippen LogP contribution in [0.25, 0.3) is 0 Å². The third kappa shape index (κ3) is 2.86. The first-order valence-electron chi connectivity index (χ1n) is 5.78. The van der Waals surface area contributed by atoms with Crippen molar-refractivity contribution in [3.63, 3.8) is 0 Å². The molecule has 1 aliphatic rings. The van der Waals surface area contributed by atoms with Gasteiger partial charge in [-0.15, -0.1) is 0 Å². The van der Waals surface area contributed by atoms with Crippen molar-refractivity contribution in [2.45, 2.75) is 11.2 Å². The number of carbonyl (C=O) groups is 1. The number of rotatable bonds is 3. The summed E-state index contributed by atoms with van der Waals surface area (Å²) < 4.78 is 5.08. The van der Waals surface area contributed by atoms with Gasteiger partial charge in [0.05, 0.1) is 23.7 Å². The Morgan fingerprint density at radius 1 is 1.58 bits per heavy atom. The molecule has 6 nitrogen and oxygen atoms in total. The van der Waals surface area contributed by atoms with Gasteiger partial charge >= 0.3 is 0 Å². The molecule has 0 aliphatic carbocycles. The number of nitro groups is 1. The topological polar surface area (TPSA) is 72.7 Å². The lowest BCUT2D eigenvalue weighted by molar-refractivity contribution is -0.384. The Balaban J connectivity index is 2.29. The largest absolute Gasteiger partial charge is 0.496 e. The normalized spacial score (nSPS) is 18.4. The molecule has 0 bridgehead atoms. The highest BCUT2D eigenvalue weighted by Gasteiger charge is 2.27. The molecule has 1 aromatic carbocycles. The fourth-order valence-corrected chi connectivity index (χ4v) is 2.60. The molecule has 19 heavy (non-hydrogen) atoms. The Labute approximate surface area is 118 Å². The molecular formula is C12H13BrN2O4. The first-order chi connectivity index (χ1) is 9.02. The minimum atomic E-state index is -0.513. The molecule has 0 N–H and O–H groups in total. The highest BCUT2D eigenvalue weighted by atomic mass is 79.9. The number of hydrogen-bond donors (Lipinski definition) is 0. The summed E-state index contributed by atoms with van der Waals surface area (Å²) in [4.78, 5) is 24.5. The summed E-state index contributed by atoms with van der Waals surface area (Å²) in [6.07, 6.45) is 0.904. The molecule has 0 spiro atoms. The zero-order valence-corrected chi connectivity index (χ0v) is 11.9. The summed E-state index contributed by atoms with van der Waals surface area (Å²) in [7, 11) is 1.40. The van der Waals surface area contributed by atoms with Gasteiger partial charge in [-0.1, -0.05) is 15.9 Å². The van der Waals surface area contributed by atoms with E-state index in [9.17, 15) is 14.9 Å². The van der Waals surface area contributed by atoms with Crippen molar-refractivity contribution in [3.8, 4) is 5.75 Å². The van der Waals surface area contributed by atoms with Crippen LogP contribution in [0.4, 0.5) is 5.69 Å². The minimum absolute atomic E-state index is 0.0896. The van der Waals surface area contributed by atoms with Crippen LogP contribution in [-0.2, 0) is 0 Å². The van der Waals surface area contributed by atoms with E-state index in [4.69, 9.17) is 4.74 Å². The molecule has 0 aromatic heterocycles. The van der Waals surface area contributed by atoms with E-state index in [1.165, 1.54) is 25.3 Å². The molecule has 1 aromatic rings. The number of carbonyl (C=O) groups excluding carboxylic acids is 1. The molecule has 2 rings (SSSR count). The van der Waals surface area contributed by atoms with Crippen molar-refractivity contribution >= 4 is 27.5 Å². The highest BCUT2D eigenvalue weighted by Crippen LogP contribution is 2.27. The number of methoxy groups -OCH3 is 1. The van der Waals surface area contributed by atoms with Crippen LogP contribution in [0.15, 0.2) is 18.2 Å². The van der Waals surface area contributed by atoms with E-state index in [-0.39, 0.29) is 17.3 Å². The number of likely N-dealkylation sites (tertiary alicyclic amines) is 1. The van der Waals surface area contributed by atoms with Crippen molar-refractivity contribution in [2.24, 2.45) is 0 Å². The van der Waals surface area contributed by atoms with E-state index < -0.39 is 4.92 Å². The number of benzene rings is 1. The fourth-order valence-electron chi connectivity index (χ4n) is 2.04. The lowest BCUT2D eigenvalue weighted by Gasteiger charge is -2.17. The first kappa shape index (κ1) is 13.8. The van der Waals surface area contributed by atoms with Gasteiger partial charge in [-0.05, 0) is 12.5 Å². The second-order valence-corrected chi connectivity index (χ2v) is 5.57. The molecule has 7 heteroatoms. The van der Waals surface area contributed by atoms with Gasteiger partial charge in [-0.3, -0.25) is 14.9 Å². The molecule has 1 unspecified atom stereocenters. The van der Waals surface area contributed by atoms with E-state index in [1.54, 1.807) is 4.90 Å². The van der Waals surface area contributed by atoms with Crippen LogP contribution in [0.5, 0.6) is 5.75 Å². The summed E-state index contributed by atoms with van der Waals surface area (Å²) >= 11 is 3.47. The Morgan fingerprint density at radius 3 is 2.84 bits per heavy atom. The molecule has 1 amide bonds. The van der Waals surface area contributed by atoms with Gasteiger partial charge in [-0.25, -0.2) is 0 Å². The fraction of sp³-hybridized carbons (Fsp3) is 0.417. The number of hydrogen-bond acceptors (Lipinski definition) is 4. The number of halogens is 1. The number of nitrogens with zero attached hydrogens (tertiary/aromatic N) is 2. The maximum atomic E-state index is 12.3. The smallest absolute Gasteiger partial charge is 0.273 e. The van der Waals surface area contributed by atoms with Crippen molar-refractivity contribution in [1.82, 2.24) is 4.90 Å². The Kier molecular flexibility index (Phi) is 4.04. The molecule has 0 radical (unpaired) electrons. The summed E-state index contributed by atoms with van der Waals surface area (Å²) in [5.74, 6) is 0.0749. The minimum Gasteiger partial charge on any atom is -0.496 e. The Bertz CT molecular complexity index is 520. The third-order valence-electron chi connectivity index (χ3n) is 3.04. The van der Waals surface area contributed by atoms with Crippen molar-refractivity contribution in [1.29, 1.82) is 0 Å². The van der Waals surface area contributed by atoms with E-state index in [0.717, 1.165) is 6.42 Å². The van der Waals surface area contributed by atoms with Crippen LogP contribution in [0.2, 0.25) is 0 Å². The Hall–Kier alpha value is -1.63. The lowest BCUT2D eigenvalue weighted by atomic mass is 10.1. The summed E-state index contributed by atoms with van der Waals surface area (Å²) in [5, 5.41) is 10.7. The van der Waals surface area contributed by atoms with Gasteiger partial charge in [0.1, 0.15) is 5.75 Å². The SMILES string of the molecule is COc1cc([N+](=O)[O-])ccc1C(=O)N1CCC(Br)C1. The number of non-ortho nitro benzene ring substituents is 1. The van der Waals surface area contributed by atoms with E-state index in [0.29, 0.717) is 23.5 Å². The van der Waals surface area contributed by atoms with Crippen molar-refractivity contribution in [2.75, 3.05) is 20.2 Å². The van der Waals surface area contributed by atoms with Crippen LogP contribution >= 0.6 is 15.9 Å². The molecule has 1 fully saturated rings. The van der Waals surface area contributed by atoms with E-state index >= 15 is 0 Å². The number of amides is 1. The summed E-state index contributed by atoms with van der Waals surface area (Å²) in [6, 6.07) is 4.03. The second kappa shape index (κ2) is 5.56. The van der Waals surface area contributed by atoms with Gasteiger partial charge in [-0.2, -0.15) is 0 Å². The van der Waals surface area contributed by atoms with Gasteiger partial charge in [0.2, 0.25) is 0 Å². The number of alkyl halides is 1. The first-order valence-corrected chi connectivity index (χ1v) is 6.70. The molecule has 1 saturated heterocycles. The van der Waals surface area contributed by atoms with E-state index in [1.807, 2.05) is 0 Å². The average molecular weight is 329 g/mol. The zero-order valence-electron chi connectivity index (χ0n) is 10.3. The van der Waals surface area contributed by atoms with Crippen LogP contribution in [0.1, 0.15) is 16.8 Å². The van der Waals surface area contributed by atoms with Crippen molar-refractivity contribution in [3.05, 3.63) is 33.9 Å². The Morgan fingerprint density at radius 2 is 2.32 bits per heavy atom.